The lowest BCUT2D eigenvalue weighted by Crippen LogP contribution is -2.52. The fraction of sp³-hybridized carbons (Fsp3) is 0.381. The first-order valence-electron chi connectivity index (χ1n) is 10.8. The molecule has 0 aliphatic carbocycles. The summed E-state index contributed by atoms with van der Waals surface area (Å²) in [5.74, 6) is -3.92. The number of nitrogens with zero attached hydrogens (tertiary/aromatic N) is 4. The van der Waals surface area contributed by atoms with Crippen LogP contribution in [0.2, 0.25) is 5.28 Å². The van der Waals surface area contributed by atoms with Crippen molar-refractivity contribution < 1.29 is 47.5 Å². The lowest BCUT2D eigenvalue weighted by atomic mass is 9.93. The number of rotatable bonds is 10. The molecule has 5 atom stereocenters. The highest BCUT2D eigenvalue weighted by molar-refractivity contribution is 7.78. The van der Waals surface area contributed by atoms with E-state index in [2.05, 4.69) is 15.0 Å². The van der Waals surface area contributed by atoms with Crippen LogP contribution in [0.4, 0.5) is 10.2 Å². The van der Waals surface area contributed by atoms with E-state index in [1.165, 1.54) is 24.3 Å². The molecule has 1 aliphatic heterocycles. The molecular formula is C21H21ClFN5O9S. The van der Waals surface area contributed by atoms with Crippen LogP contribution in [0.15, 0.2) is 30.6 Å². The molecule has 1 saturated heterocycles. The van der Waals surface area contributed by atoms with E-state index in [0.29, 0.717) is 5.56 Å². The Labute approximate surface area is 220 Å². The van der Waals surface area contributed by atoms with E-state index in [1.54, 1.807) is 0 Å². The van der Waals surface area contributed by atoms with Crippen LogP contribution >= 0.6 is 11.6 Å². The summed E-state index contributed by atoms with van der Waals surface area (Å²) in [4.78, 5) is 35.9. The average Bonchev–Trinajstić information content (AvgIpc) is 3.38. The Morgan fingerprint density at radius 1 is 1.21 bits per heavy atom. The summed E-state index contributed by atoms with van der Waals surface area (Å²) in [5.41, 5.74) is 3.76. The predicted octanol–water partition coefficient (Wildman–Crippen LogP) is 0.547. The minimum absolute atomic E-state index is 0.0165. The molecule has 2 aromatic heterocycles. The fourth-order valence-electron chi connectivity index (χ4n) is 3.99. The number of hydrogen-bond acceptors (Lipinski definition) is 10. The van der Waals surface area contributed by atoms with E-state index >= 15 is 4.39 Å². The van der Waals surface area contributed by atoms with Crippen LogP contribution in [0.3, 0.4) is 0 Å². The molecule has 3 aromatic rings. The number of carbonyl (C=O) groups is 2. The van der Waals surface area contributed by atoms with Crippen LogP contribution < -0.4 is 5.73 Å². The van der Waals surface area contributed by atoms with Gasteiger partial charge in [0.1, 0.15) is 17.7 Å². The van der Waals surface area contributed by atoms with Gasteiger partial charge in [-0.05, 0) is 22.7 Å². The van der Waals surface area contributed by atoms with Crippen molar-refractivity contribution in [3.8, 4) is 0 Å². The molecule has 17 heteroatoms. The smallest absolute Gasteiger partial charge is 0.348 e. The van der Waals surface area contributed by atoms with E-state index in [1.807, 2.05) is 0 Å². The van der Waals surface area contributed by atoms with Crippen LogP contribution in [0.5, 0.6) is 0 Å². The number of ether oxygens (including phenoxy) is 2. The van der Waals surface area contributed by atoms with Gasteiger partial charge in [0.05, 0.1) is 18.7 Å². The van der Waals surface area contributed by atoms with Gasteiger partial charge in [-0.15, -0.1) is 0 Å². The van der Waals surface area contributed by atoms with Crippen molar-refractivity contribution in [2.24, 2.45) is 0 Å². The Hall–Kier alpha value is -3.28. The number of aliphatic carboxylic acids is 2. The number of carboxylic acid groups (broad SMARTS) is 2. The van der Waals surface area contributed by atoms with Gasteiger partial charge in [0.25, 0.3) is 5.60 Å². The minimum atomic E-state index is -2.81. The monoisotopic (exact) mass is 573 g/mol. The zero-order valence-electron chi connectivity index (χ0n) is 19.2. The number of nitrogen functional groups attached to an aromatic ring is 1. The summed E-state index contributed by atoms with van der Waals surface area (Å²) in [6, 6.07) is 5.67. The Morgan fingerprint density at radius 2 is 1.84 bits per heavy atom. The second-order valence-corrected chi connectivity index (χ2v) is 9.68. The second-order valence-electron chi connectivity index (χ2n) is 8.41. The maximum Gasteiger partial charge on any atom is 0.348 e. The van der Waals surface area contributed by atoms with Gasteiger partial charge in [-0.25, -0.2) is 23.2 Å². The van der Waals surface area contributed by atoms with Crippen molar-refractivity contribution in [3.63, 3.8) is 0 Å². The maximum absolute atomic E-state index is 15.1. The number of alkyl halides is 1. The topological polar surface area (TPSA) is 220 Å². The van der Waals surface area contributed by atoms with Crippen molar-refractivity contribution in [1.82, 2.24) is 19.5 Å². The number of imidazole rings is 1. The molecule has 1 aliphatic rings. The number of fused-ring (bicyclic) bond motifs is 1. The van der Waals surface area contributed by atoms with Gasteiger partial charge in [-0.2, -0.15) is 9.97 Å². The highest BCUT2D eigenvalue weighted by Crippen LogP contribution is 2.35. The standard InChI is InChI=1S/C21H21ClFN5O9S/c22-20-26-15(24)13-16(27-20)28(8-25-13)17-12(23)14(29)11(37-17)6-36-21(18(30)31,19(32)33)5-9-1-3-10(4-2-9)7-38(34)35/h1-4,8,11-12,14,17,29H,5-7H2,(H,30,31)(H,32,33)(H,34,35)(H2,24,26,27)/t11-,12+,14-,17-/m1/s1. The molecule has 3 heterocycles. The SMILES string of the molecule is Nc1nc(Cl)nc2c1ncn2[C@@H]1O[C@H](COC(Cc2ccc(CS(=O)O)cc2)(C(=O)O)C(=O)O)[C@@H](O)[C@@H]1F. The first-order chi connectivity index (χ1) is 17.9. The van der Waals surface area contributed by atoms with E-state index in [0.717, 1.165) is 10.9 Å². The van der Waals surface area contributed by atoms with Crippen molar-refractivity contribution >= 4 is 51.6 Å². The second kappa shape index (κ2) is 10.8. The molecule has 1 fully saturated rings. The average molecular weight is 574 g/mol. The maximum atomic E-state index is 15.1. The fourth-order valence-corrected chi connectivity index (χ4v) is 4.64. The Kier molecular flexibility index (Phi) is 7.91. The number of aliphatic hydroxyl groups is 1. The van der Waals surface area contributed by atoms with Gasteiger partial charge < -0.3 is 35.1 Å². The zero-order chi connectivity index (χ0) is 27.8. The van der Waals surface area contributed by atoms with Gasteiger partial charge in [0.2, 0.25) is 5.28 Å². The van der Waals surface area contributed by atoms with Crippen molar-refractivity contribution in [3.05, 3.63) is 47.0 Å². The molecule has 0 spiro atoms. The Bertz CT molecular complexity index is 1380. The van der Waals surface area contributed by atoms with Crippen molar-refractivity contribution in [2.75, 3.05) is 12.3 Å². The predicted molar refractivity (Wildman–Crippen MR) is 128 cm³/mol. The molecule has 38 heavy (non-hydrogen) atoms. The summed E-state index contributed by atoms with van der Waals surface area (Å²) >= 11 is 3.73. The highest BCUT2D eigenvalue weighted by Gasteiger charge is 2.52. The summed E-state index contributed by atoms with van der Waals surface area (Å²) < 4.78 is 47.0. The Morgan fingerprint density at radius 3 is 2.45 bits per heavy atom. The molecule has 1 aromatic carbocycles. The zero-order valence-corrected chi connectivity index (χ0v) is 20.8. The summed E-state index contributed by atoms with van der Waals surface area (Å²) in [5, 5.41) is 29.8. The van der Waals surface area contributed by atoms with Gasteiger partial charge in [-0.1, -0.05) is 24.3 Å². The number of hydrogen-bond donors (Lipinski definition) is 5. The van der Waals surface area contributed by atoms with Gasteiger partial charge in [0, 0.05) is 6.42 Å². The van der Waals surface area contributed by atoms with Gasteiger partial charge >= 0.3 is 11.9 Å². The summed E-state index contributed by atoms with van der Waals surface area (Å²) in [7, 11) is 0. The molecular weight excluding hydrogens is 553 g/mol. The third-order valence-corrected chi connectivity index (χ3v) is 6.69. The normalized spacial score (nSPS) is 22.5. The first-order valence-corrected chi connectivity index (χ1v) is 12.5. The van der Waals surface area contributed by atoms with Gasteiger partial charge in [0.15, 0.2) is 34.9 Å². The van der Waals surface area contributed by atoms with Crippen molar-refractivity contribution in [1.29, 1.82) is 0 Å². The number of benzene rings is 1. The number of aliphatic hydroxyl groups excluding tert-OH is 1. The number of anilines is 1. The van der Waals surface area contributed by atoms with E-state index in [4.69, 9.17) is 31.4 Å². The lowest BCUT2D eigenvalue weighted by Gasteiger charge is -2.27. The minimum Gasteiger partial charge on any atom is -0.479 e. The molecule has 4 rings (SSSR count). The van der Waals surface area contributed by atoms with Crippen molar-refractivity contribution in [2.45, 2.75) is 42.4 Å². The van der Waals surface area contributed by atoms with E-state index in [-0.39, 0.29) is 33.6 Å². The molecule has 204 valence electrons. The third kappa shape index (κ3) is 5.31. The molecule has 0 bridgehead atoms. The molecule has 0 saturated carbocycles. The summed E-state index contributed by atoms with van der Waals surface area (Å²) in [6.45, 7) is -0.803. The largest absolute Gasteiger partial charge is 0.479 e. The van der Waals surface area contributed by atoms with Crippen LogP contribution in [0, 0.1) is 0 Å². The first kappa shape index (κ1) is 27.7. The number of nitrogens with two attached hydrogens (primary N) is 1. The number of carboxylic acids is 2. The van der Waals surface area contributed by atoms with Crippen LogP contribution in [0.25, 0.3) is 11.2 Å². The van der Waals surface area contributed by atoms with Crippen LogP contribution in [-0.4, -0.2) is 86.1 Å². The third-order valence-electron chi connectivity index (χ3n) is 5.94. The lowest BCUT2D eigenvalue weighted by molar-refractivity contribution is -0.190. The van der Waals surface area contributed by atoms with Crippen LogP contribution in [-0.2, 0) is 42.3 Å². The number of halogens is 2. The molecule has 1 unspecified atom stereocenters. The molecule has 0 amide bonds. The van der Waals surface area contributed by atoms with E-state index < -0.39 is 66.3 Å². The quantitative estimate of drug-likeness (QED) is 0.127. The summed E-state index contributed by atoms with van der Waals surface area (Å²) in [6.07, 6.45) is -6.36. The number of aromatic nitrogens is 4. The van der Waals surface area contributed by atoms with Crippen LogP contribution in [0.1, 0.15) is 17.4 Å². The highest BCUT2D eigenvalue weighted by atomic mass is 35.5. The van der Waals surface area contributed by atoms with Gasteiger partial charge in [-0.3, -0.25) is 4.57 Å². The molecule has 14 nitrogen and oxygen atoms in total. The van der Waals surface area contributed by atoms with E-state index in [9.17, 15) is 29.1 Å². The molecule has 0 radical (unpaired) electrons. The molecule has 6 N–H and O–H groups in total. The Balaban J connectivity index is 1.54.